The fourth-order valence-corrected chi connectivity index (χ4v) is 3.62. The third-order valence-corrected chi connectivity index (χ3v) is 5.13. The van der Waals surface area contributed by atoms with E-state index >= 15 is 0 Å². The van der Waals surface area contributed by atoms with Crippen LogP contribution >= 0.6 is 22.6 Å². The molecule has 1 aliphatic carbocycles. The Morgan fingerprint density at radius 1 is 1.36 bits per heavy atom. The molecule has 3 rings (SSSR count). The summed E-state index contributed by atoms with van der Waals surface area (Å²) in [5, 5.41) is 2.82. The Kier molecular flexibility index (Phi) is 4.99. The molecule has 1 saturated heterocycles. The summed E-state index contributed by atoms with van der Waals surface area (Å²) in [5.74, 6) is -1.12. The van der Waals surface area contributed by atoms with Gasteiger partial charge in [0.1, 0.15) is 11.9 Å². The highest BCUT2D eigenvalue weighted by atomic mass is 127. The monoisotopic (exact) mass is 419 g/mol. The van der Waals surface area contributed by atoms with Crippen LogP contribution in [-0.4, -0.2) is 30.9 Å². The fourth-order valence-electron chi connectivity index (χ4n) is 3.04. The van der Waals surface area contributed by atoms with Crippen molar-refractivity contribution in [3.8, 4) is 0 Å². The molecule has 4 nitrogen and oxygen atoms in total. The molecule has 1 aromatic carbocycles. The van der Waals surface area contributed by atoms with Gasteiger partial charge in [-0.1, -0.05) is 6.42 Å². The molecular weight excluding hydrogens is 400 g/mol. The van der Waals surface area contributed by atoms with Gasteiger partial charge in [-0.15, -0.1) is 0 Å². The van der Waals surface area contributed by atoms with Crippen LogP contribution < -0.4 is 5.32 Å². The van der Waals surface area contributed by atoms with Crippen LogP contribution in [0.25, 0.3) is 0 Å². The SMILES string of the molecule is O=C(NC[C@@H]1COC2(CCCCC2)O1)c1cc(F)ccc1I. The minimum atomic E-state index is -0.430. The molecule has 2 fully saturated rings. The molecule has 1 spiro atoms. The van der Waals surface area contributed by atoms with Gasteiger partial charge in [-0.05, 0) is 53.6 Å². The van der Waals surface area contributed by atoms with E-state index in [1.807, 2.05) is 22.6 Å². The van der Waals surface area contributed by atoms with E-state index in [1.165, 1.54) is 18.6 Å². The molecule has 22 heavy (non-hydrogen) atoms. The molecule has 1 aromatic rings. The molecule has 2 aliphatic rings. The molecular formula is C16H19FINO3. The van der Waals surface area contributed by atoms with Gasteiger partial charge in [-0.25, -0.2) is 4.39 Å². The first-order valence-corrected chi connectivity index (χ1v) is 8.71. The molecule has 1 heterocycles. The summed E-state index contributed by atoms with van der Waals surface area (Å²) in [6.45, 7) is 0.883. The number of benzene rings is 1. The molecule has 0 bridgehead atoms. The second kappa shape index (κ2) is 6.80. The smallest absolute Gasteiger partial charge is 0.252 e. The van der Waals surface area contributed by atoms with E-state index in [0.717, 1.165) is 29.3 Å². The first kappa shape index (κ1) is 16.1. The van der Waals surface area contributed by atoms with Crippen molar-refractivity contribution in [2.45, 2.75) is 44.0 Å². The van der Waals surface area contributed by atoms with E-state index in [2.05, 4.69) is 5.32 Å². The summed E-state index contributed by atoms with van der Waals surface area (Å²) in [4.78, 5) is 12.2. The van der Waals surface area contributed by atoms with Gasteiger partial charge in [-0.3, -0.25) is 4.79 Å². The van der Waals surface area contributed by atoms with Crippen molar-refractivity contribution in [2.24, 2.45) is 0 Å². The molecule has 0 radical (unpaired) electrons. The predicted octanol–water partition coefficient (Wildman–Crippen LogP) is 3.24. The average molecular weight is 419 g/mol. The van der Waals surface area contributed by atoms with Gasteiger partial charge in [0, 0.05) is 23.0 Å². The summed E-state index contributed by atoms with van der Waals surface area (Å²) < 4.78 is 25.8. The lowest BCUT2D eigenvalue weighted by Gasteiger charge is -2.31. The van der Waals surface area contributed by atoms with Crippen LogP contribution in [-0.2, 0) is 9.47 Å². The van der Waals surface area contributed by atoms with Crippen molar-refractivity contribution < 1.29 is 18.7 Å². The van der Waals surface area contributed by atoms with E-state index in [-0.39, 0.29) is 12.0 Å². The summed E-state index contributed by atoms with van der Waals surface area (Å²) in [6, 6.07) is 4.20. The second-order valence-electron chi connectivity index (χ2n) is 5.86. The number of rotatable bonds is 3. The van der Waals surface area contributed by atoms with Crippen LogP contribution in [0.15, 0.2) is 18.2 Å². The summed E-state index contributed by atoms with van der Waals surface area (Å²) in [5.41, 5.74) is 0.354. The molecule has 120 valence electrons. The van der Waals surface area contributed by atoms with Crippen molar-refractivity contribution >= 4 is 28.5 Å². The van der Waals surface area contributed by atoms with Crippen molar-refractivity contribution in [1.29, 1.82) is 0 Å². The lowest BCUT2D eigenvalue weighted by molar-refractivity contribution is -0.186. The lowest BCUT2D eigenvalue weighted by atomic mass is 9.94. The molecule has 1 aliphatic heterocycles. The normalized spacial score (nSPS) is 23.6. The molecule has 1 saturated carbocycles. The minimum Gasteiger partial charge on any atom is -0.349 e. The third-order valence-electron chi connectivity index (χ3n) is 4.19. The largest absolute Gasteiger partial charge is 0.349 e. The number of hydrogen-bond acceptors (Lipinski definition) is 3. The Hall–Kier alpha value is -0.730. The summed E-state index contributed by atoms with van der Waals surface area (Å²) in [7, 11) is 0. The highest BCUT2D eigenvalue weighted by Gasteiger charge is 2.42. The Bertz CT molecular complexity index is 560. The number of carbonyl (C=O) groups is 1. The van der Waals surface area contributed by atoms with E-state index in [4.69, 9.17) is 9.47 Å². The van der Waals surface area contributed by atoms with Gasteiger partial charge < -0.3 is 14.8 Å². The van der Waals surface area contributed by atoms with Gasteiger partial charge in [0.15, 0.2) is 5.79 Å². The zero-order valence-corrected chi connectivity index (χ0v) is 14.4. The minimum absolute atomic E-state index is 0.131. The van der Waals surface area contributed by atoms with Crippen LogP contribution in [0.3, 0.4) is 0 Å². The van der Waals surface area contributed by atoms with Crippen molar-refractivity contribution in [2.75, 3.05) is 13.2 Å². The highest BCUT2D eigenvalue weighted by Crippen LogP contribution is 2.37. The highest BCUT2D eigenvalue weighted by molar-refractivity contribution is 14.1. The Morgan fingerprint density at radius 2 is 2.14 bits per heavy atom. The third kappa shape index (κ3) is 3.60. The maximum absolute atomic E-state index is 13.3. The fraction of sp³-hybridized carbons (Fsp3) is 0.562. The van der Waals surface area contributed by atoms with Crippen molar-refractivity contribution in [3.05, 3.63) is 33.1 Å². The van der Waals surface area contributed by atoms with E-state index in [0.29, 0.717) is 18.7 Å². The van der Waals surface area contributed by atoms with Gasteiger partial charge >= 0.3 is 0 Å². The van der Waals surface area contributed by atoms with Crippen molar-refractivity contribution in [3.63, 3.8) is 0 Å². The number of ether oxygens (including phenoxy) is 2. The van der Waals surface area contributed by atoms with Gasteiger partial charge in [0.25, 0.3) is 5.91 Å². The molecule has 6 heteroatoms. The van der Waals surface area contributed by atoms with E-state index in [1.54, 1.807) is 6.07 Å². The standard InChI is InChI=1S/C16H19FINO3/c17-11-4-5-14(18)13(8-11)15(20)19-9-12-10-21-16(22-12)6-2-1-3-7-16/h4-5,8,12H,1-3,6-7,9-10H2,(H,19,20)/t12-/m1/s1. The van der Waals surface area contributed by atoms with Crippen LogP contribution in [0.1, 0.15) is 42.5 Å². The summed E-state index contributed by atoms with van der Waals surface area (Å²) >= 11 is 2.03. The van der Waals surface area contributed by atoms with Crippen LogP contribution in [0, 0.1) is 9.39 Å². The summed E-state index contributed by atoms with van der Waals surface area (Å²) in [6.07, 6.45) is 5.21. The molecule has 0 aromatic heterocycles. The number of hydrogen-bond donors (Lipinski definition) is 1. The number of amides is 1. The van der Waals surface area contributed by atoms with Gasteiger partial charge in [-0.2, -0.15) is 0 Å². The number of carbonyl (C=O) groups excluding carboxylic acids is 1. The lowest BCUT2D eigenvalue weighted by Crippen LogP contribution is -2.37. The Balaban J connectivity index is 1.54. The quantitative estimate of drug-likeness (QED) is 0.766. The first-order chi connectivity index (χ1) is 10.6. The predicted molar refractivity (Wildman–Crippen MR) is 88.1 cm³/mol. The zero-order chi connectivity index (χ0) is 15.6. The van der Waals surface area contributed by atoms with Crippen LogP contribution in [0.2, 0.25) is 0 Å². The van der Waals surface area contributed by atoms with Crippen LogP contribution in [0.4, 0.5) is 4.39 Å². The van der Waals surface area contributed by atoms with Crippen LogP contribution in [0.5, 0.6) is 0 Å². The molecule has 1 atom stereocenters. The van der Waals surface area contributed by atoms with Gasteiger partial charge in [0.05, 0.1) is 12.2 Å². The van der Waals surface area contributed by atoms with E-state index in [9.17, 15) is 9.18 Å². The average Bonchev–Trinajstić information content (AvgIpc) is 2.91. The topological polar surface area (TPSA) is 47.6 Å². The molecule has 0 unspecified atom stereocenters. The maximum atomic E-state index is 13.3. The number of nitrogens with one attached hydrogen (secondary N) is 1. The molecule has 1 N–H and O–H groups in total. The zero-order valence-electron chi connectivity index (χ0n) is 12.2. The van der Waals surface area contributed by atoms with Gasteiger partial charge in [0.2, 0.25) is 0 Å². The van der Waals surface area contributed by atoms with Crippen molar-refractivity contribution in [1.82, 2.24) is 5.32 Å². The molecule has 1 amide bonds. The second-order valence-corrected chi connectivity index (χ2v) is 7.02. The maximum Gasteiger partial charge on any atom is 0.252 e. The first-order valence-electron chi connectivity index (χ1n) is 7.63. The Morgan fingerprint density at radius 3 is 2.91 bits per heavy atom. The van der Waals surface area contributed by atoms with E-state index < -0.39 is 11.6 Å². The number of halogens is 2. The Labute approximate surface area is 142 Å².